The molecular weight excluding hydrogens is 366 g/mol. The molecule has 1 amide bonds. The summed E-state index contributed by atoms with van der Waals surface area (Å²) in [6.07, 6.45) is 6.86. The lowest BCUT2D eigenvalue weighted by atomic mass is 9.93. The molecule has 29 heavy (non-hydrogen) atoms. The van der Waals surface area contributed by atoms with Crippen molar-refractivity contribution in [3.8, 4) is 0 Å². The van der Waals surface area contributed by atoms with E-state index in [9.17, 15) is 4.79 Å². The zero-order valence-electron chi connectivity index (χ0n) is 17.4. The Bertz CT molecular complexity index is 854. The number of likely N-dealkylation sites (tertiary alicyclic amines) is 2. The van der Waals surface area contributed by atoms with Crippen LogP contribution in [0.25, 0.3) is 0 Å². The molecule has 2 aromatic rings. The summed E-state index contributed by atoms with van der Waals surface area (Å²) < 4.78 is 1.97. The SMILES string of the molecule is CC1(C)CCN(Cc2cn(CC3CCN(C(=O)c4ccnc(N)c4)CC3)nn2)C1. The number of carbonyl (C=O) groups excluding carboxylic acids is 1. The molecule has 4 heterocycles. The van der Waals surface area contributed by atoms with E-state index in [1.165, 1.54) is 6.42 Å². The molecule has 2 aliphatic heterocycles. The van der Waals surface area contributed by atoms with Gasteiger partial charge in [0.15, 0.2) is 0 Å². The molecule has 2 saturated heterocycles. The van der Waals surface area contributed by atoms with Crippen LogP contribution in [0.1, 0.15) is 49.2 Å². The molecule has 4 rings (SSSR count). The van der Waals surface area contributed by atoms with Gasteiger partial charge in [-0.1, -0.05) is 19.1 Å². The number of pyridine rings is 1. The first-order chi connectivity index (χ1) is 13.9. The van der Waals surface area contributed by atoms with E-state index in [1.807, 2.05) is 9.58 Å². The number of hydrogen-bond donors (Lipinski definition) is 1. The monoisotopic (exact) mass is 397 g/mol. The topological polar surface area (TPSA) is 93.2 Å². The number of nitrogens with two attached hydrogens (primary N) is 1. The maximum Gasteiger partial charge on any atom is 0.254 e. The molecule has 0 aromatic carbocycles. The van der Waals surface area contributed by atoms with Crippen molar-refractivity contribution in [1.29, 1.82) is 0 Å². The smallest absolute Gasteiger partial charge is 0.254 e. The highest BCUT2D eigenvalue weighted by Gasteiger charge is 2.29. The predicted octanol–water partition coefficient (Wildman–Crippen LogP) is 2.04. The van der Waals surface area contributed by atoms with Gasteiger partial charge in [-0.2, -0.15) is 0 Å². The molecule has 0 unspecified atom stereocenters. The molecule has 156 valence electrons. The van der Waals surface area contributed by atoms with Crippen molar-refractivity contribution in [2.45, 2.75) is 46.2 Å². The van der Waals surface area contributed by atoms with Crippen LogP contribution in [0.5, 0.6) is 0 Å². The Morgan fingerprint density at radius 3 is 2.76 bits per heavy atom. The van der Waals surface area contributed by atoms with Gasteiger partial charge in [0.05, 0.1) is 5.69 Å². The number of nitrogens with zero attached hydrogens (tertiary/aromatic N) is 6. The van der Waals surface area contributed by atoms with E-state index in [4.69, 9.17) is 5.73 Å². The minimum absolute atomic E-state index is 0.0362. The highest BCUT2D eigenvalue weighted by molar-refractivity contribution is 5.94. The van der Waals surface area contributed by atoms with Crippen LogP contribution < -0.4 is 5.73 Å². The van der Waals surface area contributed by atoms with Gasteiger partial charge in [0, 0.05) is 50.7 Å². The Morgan fingerprint density at radius 1 is 1.28 bits per heavy atom. The van der Waals surface area contributed by atoms with E-state index in [-0.39, 0.29) is 5.91 Å². The number of rotatable bonds is 5. The molecule has 0 radical (unpaired) electrons. The second kappa shape index (κ2) is 8.10. The van der Waals surface area contributed by atoms with Crippen LogP contribution in [0.4, 0.5) is 5.82 Å². The van der Waals surface area contributed by atoms with E-state index >= 15 is 0 Å². The largest absolute Gasteiger partial charge is 0.384 e. The highest BCUT2D eigenvalue weighted by atomic mass is 16.2. The molecule has 2 aromatic heterocycles. The molecule has 0 aliphatic carbocycles. The van der Waals surface area contributed by atoms with E-state index in [0.29, 0.717) is 22.7 Å². The minimum Gasteiger partial charge on any atom is -0.384 e. The summed E-state index contributed by atoms with van der Waals surface area (Å²) in [5.41, 5.74) is 7.77. The summed E-state index contributed by atoms with van der Waals surface area (Å²) >= 11 is 0. The number of amides is 1. The Morgan fingerprint density at radius 2 is 2.07 bits per heavy atom. The van der Waals surface area contributed by atoms with Crippen LogP contribution >= 0.6 is 0 Å². The van der Waals surface area contributed by atoms with Gasteiger partial charge in [-0.25, -0.2) is 4.98 Å². The fraction of sp³-hybridized carbons (Fsp3) is 0.619. The maximum absolute atomic E-state index is 12.6. The number of anilines is 1. The summed E-state index contributed by atoms with van der Waals surface area (Å²) in [5.74, 6) is 0.932. The van der Waals surface area contributed by atoms with Crippen molar-refractivity contribution in [2.75, 3.05) is 31.9 Å². The van der Waals surface area contributed by atoms with Crippen LogP contribution in [0.2, 0.25) is 0 Å². The maximum atomic E-state index is 12.6. The van der Waals surface area contributed by atoms with E-state index in [1.54, 1.807) is 18.3 Å². The molecule has 2 N–H and O–H groups in total. The number of nitrogen functional groups attached to an aromatic ring is 1. The summed E-state index contributed by atoms with van der Waals surface area (Å²) in [4.78, 5) is 21.0. The van der Waals surface area contributed by atoms with Gasteiger partial charge in [0.25, 0.3) is 5.91 Å². The Labute approximate surface area is 172 Å². The van der Waals surface area contributed by atoms with Crippen molar-refractivity contribution in [2.24, 2.45) is 11.3 Å². The summed E-state index contributed by atoms with van der Waals surface area (Å²) in [6, 6.07) is 3.37. The van der Waals surface area contributed by atoms with Crippen molar-refractivity contribution < 1.29 is 4.79 Å². The molecule has 0 saturated carbocycles. The summed E-state index contributed by atoms with van der Waals surface area (Å²) in [6.45, 7) is 10.2. The third-order valence-electron chi connectivity index (χ3n) is 6.10. The van der Waals surface area contributed by atoms with Crippen LogP contribution in [0.3, 0.4) is 0 Å². The van der Waals surface area contributed by atoms with Crippen molar-refractivity contribution in [1.82, 2.24) is 29.8 Å². The number of carbonyl (C=O) groups is 1. The highest BCUT2D eigenvalue weighted by Crippen LogP contribution is 2.29. The zero-order chi connectivity index (χ0) is 20.4. The molecule has 2 aliphatic rings. The fourth-order valence-electron chi connectivity index (χ4n) is 4.44. The van der Waals surface area contributed by atoms with Crippen LogP contribution in [-0.2, 0) is 13.1 Å². The summed E-state index contributed by atoms with van der Waals surface area (Å²) in [7, 11) is 0. The first-order valence-electron chi connectivity index (χ1n) is 10.5. The van der Waals surface area contributed by atoms with Gasteiger partial charge in [-0.15, -0.1) is 5.10 Å². The quantitative estimate of drug-likeness (QED) is 0.830. The third-order valence-corrected chi connectivity index (χ3v) is 6.10. The zero-order valence-corrected chi connectivity index (χ0v) is 17.4. The van der Waals surface area contributed by atoms with Gasteiger partial charge in [0.1, 0.15) is 5.82 Å². The average molecular weight is 398 g/mol. The summed E-state index contributed by atoms with van der Waals surface area (Å²) in [5, 5.41) is 8.71. The minimum atomic E-state index is 0.0362. The van der Waals surface area contributed by atoms with Crippen molar-refractivity contribution in [3.05, 3.63) is 35.8 Å². The average Bonchev–Trinajstić information content (AvgIpc) is 3.27. The van der Waals surface area contributed by atoms with Gasteiger partial charge in [-0.3, -0.25) is 14.4 Å². The van der Waals surface area contributed by atoms with Gasteiger partial charge in [-0.05, 0) is 49.3 Å². The van der Waals surface area contributed by atoms with E-state index in [0.717, 1.165) is 57.8 Å². The van der Waals surface area contributed by atoms with E-state index < -0.39 is 0 Å². The van der Waals surface area contributed by atoms with Gasteiger partial charge < -0.3 is 10.6 Å². The van der Waals surface area contributed by atoms with Gasteiger partial charge >= 0.3 is 0 Å². The van der Waals surface area contributed by atoms with Gasteiger partial charge in [0.2, 0.25) is 0 Å². The van der Waals surface area contributed by atoms with Crippen molar-refractivity contribution in [3.63, 3.8) is 0 Å². The second-order valence-corrected chi connectivity index (χ2v) is 9.26. The Hall–Kier alpha value is -2.48. The Kier molecular flexibility index (Phi) is 5.54. The third kappa shape index (κ3) is 4.93. The lowest BCUT2D eigenvalue weighted by molar-refractivity contribution is 0.0681. The first-order valence-corrected chi connectivity index (χ1v) is 10.5. The second-order valence-electron chi connectivity index (χ2n) is 9.26. The van der Waals surface area contributed by atoms with Crippen LogP contribution in [0, 0.1) is 11.3 Å². The fourth-order valence-corrected chi connectivity index (χ4v) is 4.44. The number of hydrogen-bond acceptors (Lipinski definition) is 6. The molecule has 8 nitrogen and oxygen atoms in total. The van der Waals surface area contributed by atoms with Crippen LogP contribution in [-0.4, -0.2) is 61.9 Å². The standard InChI is InChI=1S/C21H31N7O/c1-21(2)6-10-26(15-21)13-18-14-28(25-24-18)12-16-4-8-27(9-5-16)20(29)17-3-7-23-19(22)11-17/h3,7,11,14,16H,4-6,8-10,12-13,15H2,1-2H3,(H2,22,23). The number of aromatic nitrogens is 4. The molecule has 0 bridgehead atoms. The molecule has 2 fully saturated rings. The van der Waals surface area contributed by atoms with E-state index in [2.05, 4.69) is 40.2 Å². The molecule has 8 heteroatoms. The van der Waals surface area contributed by atoms with Crippen molar-refractivity contribution >= 4 is 11.7 Å². The lowest BCUT2D eigenvalue weighted by Crippen LogP contribution is -2.39. The number of piperidine rings is 1. The normalized spacial score (nSPS) is 20.3. The van der Waals surface area contributed by atoms with Crippen LogP contribution in [0.15, 0.2) is 24.5 Å². The predicted molar refractivity (Wildman–Crippen MR) is 111 cm³/mol. The lowest BCUT2D eigenvalue weighted by Gasteiger charge is -2.32. The molecular formula is C21H31N7O. The molecule has 0 atom stereocenters. The Balaban J connectivity index is 1.26. The molecule has 0 spiro atoms. The first kappa shape index (κ1) is 19.8.